The van der Waals surface area contributed by atoms with Crippen molar-refractivity contribution in [3.05, 3.63) is 18.4 Å². The second-order valence-electron chi connectivity index (χ2n) is 4.18. The minimum absolute atomic E-state index is 0.647. The van der Waals surface area contributed by atoms with E-state index >= 15 is 0 Å². The van der Waals surface area contributed by atoms with Gasteiger partial charge in [0, 0.05) is 0 Å². The predicted molar refractivity (Wildman–Crippen MR) is 60.8 cm³/mol. The van der Waals surface area contributed by atoms with Gasteiger partial charge in [-0.25, -0.2) is 0 Å². The molecular formula is C13H24. The van der Waals surface area contributed by atoms with Crippen molar-refractivity contribution in [1.82, 2.24) is 0 Å². The molecule has 0 aromatic rings. The first kappa shape index (κ1) is 12.5. The summed E-state index contributed by atoms with van der Waals surface area (Å²) in [4.78, 5) is 0. The van der Waals surface area contributed by atoms with Crippen LogP contribution in [0.1, 0.15) is 52.9 Å². The molecule has 0 heteroatoms. The zero-order valence-electron chi connectivity index (χ0n) is 9.47. The van der Waals surface area contributed by atoms with Gasteiger partial charge in [0.25, 0.3) is 0 Å². The quantitative estimate of drug-likeness (QED) is 0.397. The Labute approximate surface area is 83.7 Å². The normalized spacial score (nSPS) is 14.7. The Balaban J connectivity index is 3.48. The maximum Gasteiger partial charge on any atom is -0.0184 e. The average Bonchev–Trinajstić information content (AvgIpc) is 2.05. The third kappa shape index (κ3) is 7.87. The van der Waals surface area contributed by atoms with Crippen LogP contribution in [0, 0.1) is 11.8 Å². The molecule has 0 aliphatic carbocycles. The highest BCUT2D eigenvalue weighted by molar-refractivity contribution is 4.82. The van der Waals surface area contributed by atoms with Gasteiger partial charge in [0.1, 0.15) is 0 Å². The van der Waals surface area contributed by atoms with Gasteiger partial charge in [0.15, 0.2) is 0 Å². The van der Waals surface area contributed by atoms with Crippen LogP contribution in [-0.2, 0) is 0 Å². The van der Waals surface area contributed by atoms with Gasteiger partial charge in [-0.15, -0.1) is 5.73 Å². The molecule has 13 heavy (non-hydrogen) atoms. The molecule has 0 radical (unpaired) electrons. The van der Waals surface area contributed by atoms with E-state index in [1.165, 1.54) is 32.1 Å². The summed E-state index contributed by atoms with van der Waals surface area (Å²) in [5.41, 5.74) is 2.87. The molecule has 76 valence electrons. The summed E-state index contributed by atoms with van der Waals surface area (Å²) < 4.78 is 0. The molecule has 0 aliphatic heterocycles. The Bertz CT molecular complexity index is 151. The average molecular weight is 180 g/mol. The second-order valence-corrected chi connectivity index (χ2v) is 4.18. The molecule has 0 heterocycles. The van der Waals surface area contributed by atoms with Gasteiger partial charge in [-0.2, -0.15) is 0 Å². The van der Waals surface area contributed by atoms with Gasteiger partial charge < -0.3 is 0 Å². The van der Waals surface area contributed by atoms with Crippen LogP contribution in [0.5, 0.6) is 0 Å². The van der Waals surface area contributed by atoms with Crippen molar-refractivity contribution in [1.29, 1.82) is 0 Å². The van der Waals surface area contributed by atoms with E-state index < -0.39 is 0 Å². The van der Waals surface area contributed by atoms with Gasteiger partial charge in [-0.3, -0.25) is 0 Å². The van der Waals surface area contributed by atoms with Crippen LogP contribution in [0.25, 0.3) is 0 Å². The highest BCUT2D eigenvalue weighted by Crippen LogP contribution is 2.18. The lowest BCUT2D eigenvalue weighted by molar-refractivity contribution is 0.420. The number of allylic oxidation sites excluding steroid dienone is 1. The molecule has 0 spiro atoms. The van der Waals surface area contributed by atoms with Crippen molar-refractivity contribution in [2.24, 2.45) is 11.8 Å². The Morgan fingerprint density at radius 3 is 2.54 bits per heavy atom. The van der Waals surface area contributed by atoms with Gasteiger partial charge in [-0.1, -0.05) is 53.0 Å². The van der Waals surface area contributed by atoms with E-state index in [9.17, 15) is 0 Å². The summed E-state index contributed by atoms with van der Waals surface area (Å²) in [5.74, 6) is 1.50. The molecule has 0 saturated carbocycles. The summed E-state index contributed by atoms with van der Waals surface area (Å²) in [6.07, 6.45) is 8.85. The lowest BCUT2D eigenvalue weighted by Gasteiger charge is -2.13. The van der Waals surface area contributed by atoms with Crippen LogP contribution in [0.15, 0.2) is 18.4 Å². The van der Waals surface area contributed by atoms with Crippen molar-refractivity contribution in [3.8, 4) is 0 Å². The SMILES string of the molecule is C=C=CC(C)CC(C)CCCCC. The fraction of sp³-hybridized carbons (Fsp3) is 0.769. The standard InChI is InChI=1S/C13H24/c1-5-7-8-10-13(4)11-12(3)9-6-2/h9,12-13H,2,5,7-8,10-11H2,1,3-4H3. The van der Waals surface area contributed by atoms with E-state index in [2.05, 4.69) is 39.2 Å². The van der Waals surface area contributed by atoms with Gasteiger partial charge >= 0.3 is 0 Å². The zero-order chi connectivity index (χ0) is 10.1. The Morgan fingerprint density at radius 1 is 1.31 bits per heavy atom. The topological polar surface area (TPSA) is 0 Å². The second kappa shape index (κ2) is 8.13. The summed E-state index contributed by atoms with van der Waals surface area (Å²) in [6, 6.07) is 0. The van der Waals surface area contributed by atoms with Crippen molar-refractivity contribution in [2.45, 2.75) is 52.9 Å². The summed E-state index contributed by atoms with van der Waals surface area (Å²) >= 11 is 0. The molecule has 0 aliphatic rings. The minimum atomic E-state index is 0.647. The van der Waals surface area contributed by atoms with Crippen molar-refractivity contribution < 1.29 is 0 Å². The molecule has 0 fully saturated rings. The van der Waals surface area contributed by atoms with E-state index in [4.69, 9.17) is 0 Å². The maximum absolute atomic E-state index is 3.60. The van der Waals surface area contributed by atoms with Crippen LogP contribution in [0.4, 0.5) is 0 Å². The van der Waals surface area contributed by atoms with Gasteiger partial charge in [0.05, 0.1) is 0 Å². The molecule has 0 saturated heterocycles. The van der Waals surface area contributed by atoms with Crippen LogP contribution in [-0.4, -0.2) is 0 Å². The molecule has 0 aromatic carbocycles. The summed E-state index contributed by atoms with van der Waals surface area (Å²) in [5, 5.41) is 0. The van der Waals surface area contributed by atoms with Crippen molar-refractivity contribution >= 4 is 0 Å². The molecular weight excluding hydrogens is 156 g/mol. The van der Waals surface area contributed by atoms with E-state index in [-0.39, 0.29) is 0 Å². The molecule has 0 N–H and O–H groups in total. The maximum atomic E-state index is 3.60. The first-order chi connectivity index (χ1) is 6.20. The molecule has 2 atom stereocenters. The smallest absolute Gasteiger partial charge is 0.0184 e. The van der Waals surface area contributed by atoms with Crippen molar-refractivity contribution in [3.63, 3.8) is 0 Å². The van der Waals surface area contributed by atoms with E-state index in [0.717, 1.165) is 5.92 Å². The monoisotopic (exact) mass is 180 g/mol. The van der Waals surface area contributed by atoms with E-state index in [1.807, 2.05) is 0 Å². The van der Waals surface area contributed by atoms with Gasteiger partial charge in [0.2, 0.25) is 0 Å². The molecule has 0 rings (SSSR count). The lowest BCUT2D eigenvalue weighted by Crippen LogP contribution is -2.00. The number of hydrogen-bond donors (Lipinski definition) is 0. The largest absolute Gasteiger partial charge is 0.133 e. The third-order valence-corrected chi connectivity index (χ3v) is 2.48. The summed E-state index contributed by atoms with van der Waals surface area (Å²) in [7, 11) is 0. The van der Waals surface area contributed by atoms with Crippen LogP contribution < -0.4 is 0 Å². The first-order valence-electron chi connectivity index (χ1n) is 5.56. The Kier molecular flexibility index (Phi) is 7.83. The first-order valence-corrected chi connectivity index (χ1v) is 5.56. The van der Waals surface area contributed by atoms with Crippen LogP contribution in [0.3, 0.4) is 0 Å². The predicted octanol–water partition coefficient (Wildman–Crippen LogP) is 4.57. The van der Waals surface area contributed by atoms with Crippen LogP contribution in [0.2, 0.25) is 0 Å². The Hall–Kier alpha value is -0.480. The molecule has 0 bridgehead atoms. The van der Waals surface area contributed by atoms with Crippen LogP contribution >= 0.6 is 0 Å². The van der Waals surface area contributed by atoms with Gasteiger partial charge in [-0.05, 0) is 24.3 Å². The molecule has 0 amide bonds. The fourth-order valence-electron chi connectivity index (χ4n) is 1.76. The lowest BCUT2D eigenvalue weighted by atomic mass is 9.93. The summed E-state index contributed by atoms with van der Waals surface area (Å²) in [6.45, 7) is 10.5. The number of rotatable bonds is 7. The number of hydrogen-bond acceptors (Lipinski definition) is 0. The minimum Gasteiger partial charge on any atom is -0.133 e. The van der Waals surface area contributed by atoms with Crippen molar-refractivity contribution in [2.75, 3.05) is 0 Å². The molecule has 0 nitrogen and oxygen atoms in total. The highest BCUT2D eigenvalue weighted by Gasteiger charge is 2.05. The Morgan fingerprint density at radius 2 is 2.00 bits per heavy atom. The molecule has 0 aromatic heterocycles. The van der Waals surface area contributed by atoms with E-state index in [1.54, 1.807) is 0 Å². The fourth-order valence-corrected chi connectivity index (χ4v) is 1.76. The third-order valence-electron chi connectivity index (χ3n) is 2.48. The van der Waals surface area contributed by atoms with E-state index in [0.29, 0.717) is 5.92 Å². The number of unbranched alkanes of at least 4 members (excludes halogenated alkanes) is 2. The zero-order valence-corrected chi connectivity index (χ0v) is 9.47. The molecule has 2 unspecified atom stereocenters. The highest BCUT2D eigenvalue weighted by atomic mass is 14.1.